The Morgan fingerprint density at radius 2 is 1.87 bits per heavy atom. The fourth-order valence-electron chi connectivity index (χ4n) is 3.68. The van der Waals surface area contributed by atoms with E-state index in [2.05, 4.69) is 15.3 Å². The second kappa shape index (κ2) is 9.58. The first-order valence-corrected chi connectivity index (χ1v) is 11.7. The number of aromatic nitrogens is 2. The van der Waals surface area contributed by atoms with Crippen LogP contribution in [0.15, 0.2) is 70.4 Å². The van der Waals surface area contributed by atoms with Gasteiger partial charge in [-0.2, -0.15) is 4.68 Å². The van der Waals surface area contributed by atoms with Crippen molar-refractivity contribution in [1.82, 2.24) is 9.78 Å². The lowest BCUT2D eigenvalue weighted by Gasteiger charge is -2.32. The van der Waals surface area contributed by atoms with E-state index in [1.54, 1.807) is 42.1 Å². The molecule has 1 amide bonds. The van der Waals surface area contributed by atoms with Gasteiger partial charge in [0.1, 0.15) is 5.82 Å². The molecule has 0 aliphatic carbocycles. The number of piperidine rings is 1. The van der Waals surface area contributed by atoms with Crippen LogP contribution >= 0.6 is 23.4 Å². The number of hydrogen-bond donors (Lipinski definition) is 1. The van der Waals surface area contributed by atoms with Crippen molar-refractivity contribution in [2.45, 2.75) is 17.7 Å². The van der Waals surface area contributed by atoms with Crippen LogP contribution in [-0.2, 0) is 4.79 Å². The number of anilines is 2. The molecule has 0 saturated carbocycles. The highest BCUT2D eigenvalue weighted by molar-refractivity contribution is 7.98. The number of nitrogens with zero attached hydrogens (tertiary/aromatic N) is 3. The Kier molecular flexibility index (Phi) is 6.63. The summed E-state index contributed by atoms with van der Waals surface area (Å²) in [4.78, 5) is 28.3. The van der Waals surface area contributed by atoms with Crippen LogP contribution in [0.25, 0.3) is 5.69 Å². The fraction of sp³-hybridized carbons (Fsp3) is 0.261. The van der Waals surface area contributed by atoms with E-state index in [9.17, 15) is 9.59 Å². The minimum absolute atomic E-state index is 0.0481. The maximum absolute atomic E-state index is 12.7. The van der Waals surface area contributed by atoms with Gasteiger partial charge in [0.05, 0.1) is 5.69 Å². The fourth-order valence-corrected chi connectivity index (χ4v) is 4.32. The Balaban J connectivity index is 1.42. The zero-order valence-corrected chi connectivity index (χ0v) is 18.7. The first kappa shape index (κ1) is 21.5. The summed E-state index contributed by atoms with van der Waals surface area (Å²) in [5.41, 5.74) is 1.24. The number of halogens is 1. The number of amides is 1. The van der Waals surface area contributed by atoms with Crippen LogP contribution in [0, 0.1) is 5.92 Å². The van der Waals surface area contributed by atoms with Crippen molar-refractivity contribution < 1.29 is 4.79 Å². The Labute approximate surface area is 190 Å². The van der Waals surface area contributed by atoms with Gasteiger partial charge in [-0.05, 0) is 61.6 Å². The predicted molar refractivity (Wildman–Crippen MR) is 127 cm³/mol. The Bertz CT molecular complexity index is 1140. The zero-order chi connectivity index (χ0) is 21.8. The van der Waals surface area contributed by atoms with E-state index in [1.165, 1.54) is 10.7 Å². The summed E-state index contributed by atoms with van der Waals surface area (Å²) < 4.78 is 1.36. The molecule has 2 aromatic carbocycles. The molecule has 1 fully saturated rings. The average molecular weight is 455 g/mol. The van der Waals surface area contributed by atoms with Crippen LogP contribution in [-0.4, -0.2) is 35.0 Å². The van der Waals surface area contributed by atoms with Gasteiger partial charge >= 0.3 is 0 Å². The lowest BCUT2D eigenvalue weighted by molar-refractivity contribution is -0.120. The molecule has 0 unspecified atom stereocenters. The first-order chi connectivity index (χ1) is 15.0. The molecular formula is C23H23ClN4O2S. The minimum atomic E-state index is -0.215. The van der Waals surface area contributed by atoms with E-state index in [1.807, 2.05) is 30.5 Å². The molecule has 1 saturated heterocycles. The van der Waals surface area contributed by atoms with E-state index >= 15 is 0 Å². The van der Waals surface area contributed by atoms with E-state index in [0.717, 1.165) is 23.4 Å². The molecule has 0 radical (unpaired) electrons. The van der Waals surface area contributed by atoms with Gasteiger partial charge in [0, 0.05) is 40.7 Å². The maximum Gasteiger partial charge on any atom is 0.271 e. The second-order valence-corrected chi connectivity index (χ2v) is 8.72. The smallest absolute Gasteiger partial charge is 0.271 e. The second-order valence-electron chi connectivity index (χ2n) is 7.40. The van der Waals surface area contributed by atoms with Crippen molar-refractivity contribution in [1.29, 1.82) is 0 Å². The molecular weight excluding hydrogens is 432 g/mol. The molecule has 31 heavy (non-hydrogen) atoms. The van der Waals surface area contributed by atoms with Gasteiger partial charge in [0.2, 0.25) is 5.91 Å². The molecule has 3 aromatic rings. The summed E-state index contributed by atoms with van der Waals surface area (Å²) in [6.45, 7) is 1.40. The average Bonchev–Trinajstić information content (AvgIpc) is 2.79. The summed E-state index contributed by atoms with van der Waals surface area (Å²) in [6, 6.07) is 18.2. The molecule has 1 aliphatic heterocycles. The van der Waals surface area contributed by atoms with E-state index < -0.39 is 0 Å². The van der Waals surface area contributed by atoms with E-state index in [-0.39, 0.29) is 17.4 Å². The maximum atomic E-state index is 12.7. The van der Waals surface area contributed by atoms with Gasteiger partial charge in [-0.1, -0.05) is 23.7 Å². The number of thioether (sulfide) groups is 1. The zero-order valence-electron chi connectivity index (χ0n) is 17.1. The van der Waals surface area contributed by atoms with Crippen molar-refractivity contribution in [2.75, 3.05) is 29.6 Å². The monoisotopic (exact) mass is 454 g/mol. The van der Waals surface area contributed by atoms with Crippen LogP contribution in [0.5, 0.6) is 0 Å². The largest absolute Gasteiger partial charge is 0.355 e. The lowest BCUT2D eigenvalue weighted by Crippen LogP contribution is -2.39. The van der Waals surface area contributed by atoms with Gasteiger partial charge in [0.25, 0.3) is 5.56 Å². The van der Waals surface area contributed by atoms with Crippen molar-refractivity contribution in [2.24, 2.45) is 5.92 Å². The number of carbonyl (C=O) groups excluding carboxylic acids is 1. The topological polar surface area (TPSA) is 67.2 Å². The van der Waals surface area contributed by atoms with Gasteiger partial charge in [0.15, 0.2) is 0 Å². The van der Waals surface area contributed by atoms with Gasteiger partial charge < -0.3 is 10.2 Å². The highest BCUT2D eigenvalue weighted by Crippen LogP contribution is 2.24. The summed E-state index contributed by atoms with van der Waals surface area (Å²) >= 11 is 7.71. The minimum Gasteiger partial charge on any atom is -0.355 e. The molecule has 8 heteroatoms. The number of rotatable bonds is 5. The molecule has 1 aliphatic rings. The van der Waals surface area contributed by atoms with Gasteiger partial charge in [-0.3, -0.25) is 9.59 Å². The Morgan fingerprint density at radius 3 is 2.61 bits per heavy atom. The number of hydrogen-bond acceptors (Lipinski definition) is 5. The van der Waals surface area contributed by atoms with Gasteiger partial charge in [-0.15, -0.1) is 16.9 Å². The summed E-state index contributed by atoms with van der Waals surface area (Å²) in [6.07, 6.45) is 3.47. The van der Waals surface area contributed by atoms with Crippen LogP contribution < -0.4 is 15.8 Å². The number of nitrogens with one attached hydrogen (secondary N) is 1. The number of benzene rings is 2. The molecule has 4 rings (SSSR count). The third-order valence-electron chi connectivity index (χ3n) is 5.37. The number of carbonyl (C=O) groups is 1. The van der Waals surface area contributed by atoms with Gasteiger partial charge in [-0.25, -0.2) is 0 Å². The normalized spacial score (nSPS) is 14.5. The molecule has 0 spiro atoms. The summed E-state index contributed by atoms with van der Waals surface area (Å²) in [5.74, 6) is 0.717. The van der Waals surface area contributed by atoms with Crippen molar-refractivity contribution in [3.63, 3.8) is 0 Å². The Hall–Kier alpha value is -2.77. The first-order valence-electron chi connectivity index (χ1n) is 10.1. The molecule has 2 heterocycles. The van der Waals surface area contributed by atoms with E-state index in [4.69, 9.17) is 11.6 Å². The molecule has 0 bridgehead atoms. The molecule has 1 N–H and O–H groups in total. The summed E-state index contributed by atoms with van der Waals surface area (Å²) in [5, 5.41) is 8.12. The van der Waals surface area contributed by atoms with Crippen LogP contribution in [0.3, 0.4) is 0 Å². The Morgan fingerprint density at radius 1 is 1.10 bits per heavy atom. The molecule has 0 atom stereocenters. The van der Waals surface area contributed by atoms with Crippen LogP contribution in [0.4, 0.5) is 11.5 Å². The van der Waals surface area contributed by atoms with Crippen LogP contribution in [0.1, 0.15) is 12.8 Å². The van der Waals surface area contributed by atoms with E-state index in [0.29, 0.717) is 29.6 Å². The summed E-state index contributed by atoms with van der Waals surface area (Å²) in [7, 11) is 0. The molecule has 1 aromatic heterocycles. The predicted octanol–water partition coefficient (Wildman–Crippen LogP) is 4.46. The lowest BCUT2D eigenvalue weighted by atomic mass is 9.96. The van der Waals surface area contributed by atoms with Crippen molar-refractivity contribution >= 4 is 40.8 Å². The third kappa shape index (κ3) is 5.11. The van der Waals surface area contributed by atoms with Crippen molar-refractivity contribution in [3.05, 3.63) is 76.0 Å². The SMILES string of the molecule is CSc1cccc(NC(=O)C2CCN(c3ccc(=O)n(-c4cccc(Cl)c4)n3)CC2)c1. The molecule has 6 nitrogen and oxygen atoms in total. The highest BCUT2D eigenvalue weighted by Gasteiger charge is 2.26. The highest BCUT2D eigenvalue weighted by atomic mass is 35.5. The van der Waals surface area contributed by atoms with Crippen molar-refractivity contribution in [3.8, 4) is 5.69 Å². The third-order valence-corrected chi connectivity index (χ3v) is 6.33. The molecule has 160 valence electrons. The quantitative estimate of drug-likeness (QED) is 0.576. The standard InChI is InChI=1S/C23H23ClN4O2S/c1-31-20-7-3-5-18(15-20)25-23(30)16-10-12-27(13-11-16)21-8-9-22(29)28(26-21)19-6-2-4-17(24)14-19/h2-9,14-16H,10-13H2,1H3,(H,25,30). The van der Waals surface area contributed by atoms with Crippen LogP contribution in [0.2, 0.25) is 5.02 Å².